The molecule has 0 aliphatic rings. The van der Waals surface area contributed by atoms with Gasteiger partial charge in [-0.2, -0.15) is 0 Å². The van der Waals surface area contributed by atoms with Crippen molar-refractivity contribution in [1.82, 2.24) is 4.90 Å². The van der Waals surface area contributed by atoms with Gasteiger partial charge >= 0.3 is 0 Å². The summed E-state index contributed by atoms with van der Waals surface area (Å²) in [5.74, 6) is 0. The predicted molar refractivity (Wildman–Crippen MR) is 88.9 cm³/mol. The van der Waals surface area contributed by atoms with Gasteiger partial charge in [-0.3, -0.25) is 4.90 Å². The van der Waals surface area contributed by atoms with Crippen molar-refractivity contribution in [1.29, 1.82) is 0 Å². The van der Waals surface area contributed by atoms with E-state index in [-0.39, 0.29) is 5.54 Å². The van der Waals surface area contributed by atoms with Crippen LogP contribution < -0.4 is 5.73 Å². The van der Waals surface area contributed by atoms with Crippen LogP contribution in [0, 0.1) is 6.92 Å². The molecule has 0 bridgehead atoms. The van der Waals surface area contributed by atoms with Crippen LogP contribution in [0.25, 0.3) is 0 Å². The highest BCUT2D eigenvalue weighted by Gasteiger charge is 2.27. The summed E-state index contributed by atoms with van der Waals surface area (Å²) in [6.07, 6.45) is 6.41. The molecule has 20 heavy (non-hydrogen) atoms. The first kappa shape index (κ1) is 17.2. The van der Waals surface area contributed by atoms with Crippen LogP contribution in [0.15, 0.2) is 24.3 Å². The highest BCUT2D eigenvalue weighted by atomic mass is 15.2. The summed E-state index contributed by atoms with van der Waals surface area (Å²) in [4.78, 5) is 2.43. The summed E-state index contributed by atoms with van der Waals surface area (Å²) < 4.78 is 0. The van der Waals surface area contributed by atoms with Gasteiger partial charge in [0.1, 0.15) is 0 Å². The van der Waals surface area contributed by atoms with Crippen molar-refractivity contribution in [2.75, 3.05) is 13.6 Å². The Morgan fingerprint density at radius 3 is 2.45 bits per heavy atom. The van der Waals surface area contributed by atoms with E-state index in [1.165, 1.54) is 43.2 Å². The number of hydrogen-bond donors (Lipinski definition) is 1. The molecule has 114 valence electrons. The van der Waals surface area contributed by atoms with Gasteiger partial charge in [0, 0.05) is 18.6 Å². The zero-order chi connectivity index (χ0) is 15.0. The highest BCUT2D eigenvalue weighted by Crippen LogP contribution is 2.23. The number of nitrogens with two attached hydrogens (primary N) is 1. The fraction of sp³-hybridized carbons (Fsp3) is 0.667. The fourth-order valence-corrected chi connectivity index (χ4v) is 2.62. The molecule has 0 saturated heterocycles. The molecule has 1 unspecified atom stereocenters. The van der Waals surface area contributed by atoms with Crippen LogP contribution in [0.2, 0.25) is 0 Å². The third kappa shape index (κ3) is 4.92. The molecule has 1 aromatic carbocycles. The van der Waals surface area contributed by atoms with Crippen LogP contribution in [-0.2, 0) is 6.54 Å². The lowest BCUT2D eigenvalue weighted by Crippen LogP contribution is -2.49. The van der Waals surface area contributed by atoms with Gasteiger partial charge in [0.05, 0.1) is 0 Å². The summed E-state index contributed by atoms with van der Waals surface area (Å²) >= 11 is 0. The molecular weight excluding hydrogens is 244 g/mol. The molecule has 1 atom stereocenters. The van der Waals surface area contributed by atoms with Crippen LogP contribution in [0.5, 0.6) is 0 Å². The average molecular weight is 276 g/mol. The lowest BCUT2D eigenvalue weighted by molar-refractivity contribution is 0.122. The third-order valence-electron chi connectivity index (χ3n) is 4.60. The molecule has 0 aliphatic carbocycles. The van der Waals surface area contributed by atoms with E-state index in [4.69, 9.17) is 5.73 Å². The topological polar surface area (TPSA) is 29.3 Å². The van der Waals surface area contributed by atoms with E-state index < -0.39 is 0 Å². The molecular formula is C18H32N2. The average Bonchev–Trinajstić information content (AvgIpc) is 2.45. The Morgan fingerprint density at radius 2 is 1.85 bits per heavy atom. The van der Waals surface area contributed by atoms with Gasteiger partial charge in [-0.05, 0) is 38.4 Å². The number of likely N-dealkylation sites (N-methyl/N-ethyl adjacent to an activating group) is 1. The first-order valence-electron chi connectivity index (χ1n) is 7.99. The van der Waals surface area contributed by atoms with Gasteiger partial charge in [-0.15, -0.1) is 0 Å². The number of benzene rings is 1. The molecule has 0 heterocycles. The highest BCUT2D eigenvalue weighted by molar-refractivity contribution is 5.25. The van der Waals surface area contributed by atoms with E-state index >= 15 is 0 Å². The molecule has 0 aliphatic heterocycles. The van der Waals surface area contributed by atoms with Crippen LogP contribution >= 0.6 is 0 Å². The molecule has 2 nitrogen and oxygen atoms in total. The Balaban J connectivity index is 2.61. The Morgan fingerprint density at radius 1 is 1.15 bits per heavy atom. The van der Waals surface area contributed by atoms with Gasteiger partial charge in [0.15, 0.2) is 0 Å². The van der Waals surface area contributed by atoms with E-state index in [2.05, 4.69) is 57.0 Å². The minimum absolute atomic E-state index is 0.107. The second kappa shape index (κ2) is 8.43. The quantitative estimate of drug-likeness (QED) is 0.688. The van der Waals surface area contributed by atoms with Crippen molar-refractivity contribution in [3.8, 4) is 0 Å². The van der Waals surface area contributed by atoms with E-state index in [1.54, 1.807) is 0 Å². The first-order chi connectivity index (χ1) is 9.53. The Labute approximate surface area is 125 Å². The second-order valence-corrected chi connectivity index (χ2v) is 6.29. The molecule has 2 N–H and O–H groups in total. The Kier molecular flexibility index (Phi) is 7.25. The SMILES string of the molecule is CCCCCCC(C)(CN)N(C)Cc1ccccc1C. The van der Waals surface area contributed by atoms with Gasteiger partial charge in [-0.25, -0.2) is 0 Å². The molecule has 0 saturated carbocycles. The lowest BCUT2D eigenvalue weighted by atomic mass is 9.91. The summed E-state index contributed by atoms with van der Waals surface area (Å²) in [5.41, 5.74) is 8.95. The minimum atomic E-state index is 0.107. The third-order valence-corrected chi connectivity index (χ3v) is 4.60. The van der Waals surface area contributed by atoms with Crippen molar-refractivity contribution in [2.24, 2.45) is 5.73 Å². The van der Waals surface area contributed by atoms with Crippen molar-refractivity contribution >= 4 is 0 Å². The van der Waals surface area contributed by atoms with Crippen molar-refractivity contribution in [2.45, 2.75) is 65.0 Å². The van der Waals surface area contributed by atoms with Crippen LogP contribution in [-0.4, -0.2) is 24.0 Å². The molecule has 2 heteroatoms. The Hall–Kier alpha value is -0.860. The molecule has 0 radical (unpaired) electrons. The molecule has 0 spiro atoms. The van der Waals surface area contributed by atoms with Crippen molar-refractivity contribution < 1.29 is 0 Å². The maximum absolute atomic E-state index is 6.07. The smallest absolute Gasteiger partial charge is 0.0304 e. The minimum Gasteiger partial charge on any atom is -0.329 e. The first-order valence-corrected chi connectivity index (χ1v) is 7.99. The van der Waals surface area contributed by atoms with Crippen LogP contribution in [0.4, 0.5) is 0 Å². The number of rotatable bonds is 9. The van der Waals surface area contributed by atoms with E-state index in [0.717, 1.165) is 13.1 Å². The van der Waals surface area contributed by atoms with Gasteiger partial charge < -0.3 is 5.73 Å². The van der Waals surface area contributed by atoms with E-state index in [9.17, 15) is 0 Å². The number of nitrogens with zero attached hydrogens (tertiary/aromatic N) is 1. The van der Waals surface area contributed by atoms with Crippen molar-refractivity contribution in [3.05, 3.63) is 35.4 Å². The summed E-state index contributed by atoms with van der Waals surface area (Å²) in [7, 11) is 2.21. The molecule has 0 fully saturated rings. The van der Waals surface area contributed by atoms with Gasteiger partial charge in [0.25, 0.3) is 0 Å². The van der Waals surface area contributed by atoms with Crippen LogP contribution in [0.1, 0.15) is 57.1 Å². The molecule has 0 amide bonds. The molecule has 0 aromatic heterocycles. The van der Waals surface area contributed by atoms with Gasteiger partial charge in [0.2, 0.25) is 0 Å². The normalized spacial score (nSPS) is 14.5. The molecule has 1 aromatic rings. The van der Waals surface area contributed by atoms with Crippen molar-refractivity contribution in [3.63, 3.8) is 0 Å². The second-order valence-electron chi connectivity index (χ2n) is 6.29. The predicted octanol–water partition coefficient (Wildman–Crippen LogP) is 4.11. The Bertz CT molecular complexity index is 389. The standard InChI is InChI=1S/C18H32N2/c1-5-6-7-10-13-18(3,15-19)20(4)14-17-12-9-8-11-16(17)2/h8-9,11-12H,5-7,10,13-15,19H2,1-4H3. The summed E-state index contributed by atoms with van der Waals surface area (Å²) in [6, 6.07) is 8.63. The molecule has 1 rings (SSSR count). The zero-order valence-corrected chi connectivity index (χ0v) is 13.8. The summed E-state index contributed by atoms with van der Waals surface area (Å²) in [5, 5.41) is 0. The zero-order valence-electron chi connectivity index (χ0n) is 13.8. The lowest BCUT2D eigenvalue weighted by Gasteiger charge is -2.38. The number of aryl methyl sites for hydroxylation is 1. The monoisotopic (exact) mass is 276 g/mol. The largest absolute Gasteiger partial charge is 0.329 e. The van der Waals surface area contributed by atoms with E-state index in [0.29, 0.717) is 0 Å². The fourth-order valence-electron chi connectivity index (χ4n) is 2.62. The number of unbranched alkanes of at least 4 members (excludes halogenated alkanes) is 3. The van der Waals surface area contributed by atoms with Crippen LogP contribution in [0.3, 0.4) is 0 Å². The van der Waals surface area contributed by atoms with E-state index in [1.807, 2.05) is 0 Å². The number of hydrogen-bond acceptors (Lipinski definition) is 2. The summed E-state index contributed by atoms with van der Waals surface area (Å²) in [6.45, 7) is 8.45. The van der Waals surface area contributed by atoms with Gasteiger partial charge in [-0.1, -0.05) is 56.9 Å². The maximum atomic E-state index is 6.07. The maximum Gasteiger partial charge on any atom is 0.0304 e.